The van der Waals surface area contributed by atoms with Crippen molar-refractivity contribution in [3.8, 4) is 22.3 Å². The van der Waals surface area contributed by atoms with E-state index in [1.54, 1.807) is 45.2 Å². The molecule has 0 unspecified atom stereocenters. The third-order valence-electron chi connectivity index (χ3n) is 10.9. The first-order valence-corrected chi connectivity index (χ1v) is 25.3. The van der Waals surface area contributed by atoms with E-state index in [0.29, 0.717) is 39.9 Å². The van der Waals surface area contributed by atoms with E-state index < -0.39 is 21.5 Å². The van der Waals surface area contributed by atoms with Crippen molar-refractivity contribution in [2.24, 2.45) is 10.7 Å². The van der Waals surface area contributed by atoms with Crippen LogP contribution in [0.15, 0.2) is 116 Å². The van der Waals surface area contributed by atoms with E-state index in [-0.39, 0.29) is 33.5 Å². The summed E-state index contributed by atoms with van der Waals surface area (Å²) < 4.78 is 39.6. The van der Waals surface area contributed by atoms with Crippen molar-refractivity contribution < 1.29 is 32.3 Å². The standard InChI is InChI=1S/C50H58N4O7S3/c1-33-20-18-27-41(45(33)34-21-19-22-35(30-34)64(58,59)43-31-42(63-47(43)62-5)46(51)54-49(57)61-50(2,3)4)53-44(55)28-12-10-8-6-7-9-11-17-29-52-48(56)60-32-40-38-25-15-13-23-36(38)37-24-14-16-26-39(37)40/h13-16,18-27,30-31,40H,6-12,17,28-29,32H2,1-5H3,(H,52,56)(H,53,55)(H2,51,54,57). The van der Waals surface area contributed by atoms with Crippen LogP contribution in [0.1, 0.15) is 106 Å². The van der Waals surface area contributed by atoms with Gasteiger partial charge in [-0.15, -0.1) is 23.1 Å². The number of hydrogen-bond acceptors (Lipinski definition) is 9. The predicted molar refractivity (Wildman–Crippen MR) is 258 cm³/mol. The number of aryl methyl sites for hydroxylation is 1. The molecule has 6 rings (SSSR count). The minimum absolute atomic E-state index is 0.0460. The number of carbonyl (C=O) groups excluding carboxylic acids is 3. The average molecular weight is 923 g/mol. The maximum atomic E-state index is 14.1. The molecule has 1 heterocycles. The number of sulfone groups is 1. The molecular weight excluding hydrogens is 865 g/mol. The van der Waals surface area contributed by atoms with Gasteiger partial charge in [-0.1, -0.05) is 111 Å². The van der Waals surface area contributed by atoms with E-state index in [1.807, 2.05) is 55.5 Å². The predicted octanol–water partition coefficient (Wildman–Crippen LogP) is 11.9. The number of thioether (sulfide) groups is 1. The van der Waals surface area contributed by atoms with Crippen LogP contribution in [0.3, 0.4) is 0 Å². The number of aliphatic imine (C=N–C) groups is 1. The monoisotopic (exact) mass is 922 g/mol. The van der Waals surface area contributed by atoms with E-state index in [2.05, 4.69) is 39.9 Å². The van der Waals surface area contributed by atoms with Crippen LogP contribution < -0.4 is 16.4 Å². The summed E-state index contributed by atoms with van der Waals surface area (Å²) in [6, 6.07) is 30.4. The zero-order valence-corrected chi connectivity index (χ0v) is 39.6. The number of anilines is 1. The van der Waals surface area contributed by atoms with Crippen molar-refractivity contribution in [3.05, 3.63) is 119 Å². The fourth-order valence-corrected chi connectivity index (χ4v) is 11.8. The molecule has 11 nitrogen and oxygen atoms in total. The fraction of sp³-hybridized carbons (Fsp3) is 0.360. The van der Waals surface area contributed by atoms with Crippen LogP contribution in [0.5, 0.6) is 0 Å². The van der Waals surface area contributed by atoms with E-state index in [1.165, 1.54) is 40.1 Å². The molecular formula is C50H58N4O7S3. The van der Waals surface area contributed by atoms with Crippen LogP contribution >= 0.6 is 23.1 Å². The summed E-state index contributed by atoms with van der Waals surface area (Å²) in [4.78, 5) is 42.3. The number of unbranched alkanes of at least 4 members (excludes halogenated alkanes) is 7. The Morgan fingerprint density at radius 1 is 0.812 bits per heavy atom. The van der Waals surface area contributed by atoms with Crippen molar-refractivity contribution in [2.75, 3.05) is 24.7 Å². The van der Waals surface area contributed by atoms with Gasteiger partial charge in [0.15, 0.2) is 0 Å². The Bertz CT molecular complexity index is 2550. The Labute approximate surface area is 385 Å². The first kappa shape index (κ1) is 48.0. The molecule has 0 saturated carbocycles. The molecule has 0 atom stereocenters. The van der Waals surface area contributed by atoms with Crippen molar-refractivity contribution in [1.82, 2.24) is 5.32 Å². The molecule has 1 aromatic heterocycles. The maximum Gasteiger partial charge on any atom is 0.436 e. The normalized spacial score (nSPS) is 12.7. The summed E-state index contributed by atoms with van der Waals surface area (Å²) in [5.41, 5.74) is 13.1. The summed E-state index contributed by atoms with van der Waals surface area (Å²) in [5, 5.41) is 5.98. The Balaban J connectivity index is 0.916. The molecule has 0 spiro atoms. The molecule has 0 saturated heterocycles. The molecule has 1 aliphatic carbocycles. The van der Waals surface area contributed by atoms with Gasteiger partial charge >= 0.3 is 12.2 Å². The second-order valence-corrected chi connectivity index (χ2v) is 20.9. The topological polar surface area (TPSA) is 166 Å². The number of thiophene rings is 1. The van der Waals surface area contributed by atoms with Crippen LogP contribution in [0.25, 0.3) is 22.3 Å². The minimum Gasteiger partial charge on any atom is -0.449 e. The van der Waals surface area contributed by atoms with Crippen molar-refractivity contribution in [1.29, 1.82) is 0 Å². The lowest BCUT2D eigenvalue weighted by Crippen LogP contribution is -2.27. The van der Waals surface area contributed by atoms with Crippen molar-refractivity contribution >= 4 is 62.6 Å². The van der Waals surface area contributed by atoms with E-state index >= 15 is 0 Å². The SMILES string of the molecule is CSc1sc(C(N)=NC(=O)OC(C)(C)C)cc1S(=O)(=O)c1cccc(-c2c(C)cccc2NC(=O)CCCCCCCCCCNC(=O)OCC2c3ccccc3-c3ccccc32)c1. The number of carbonyl (C=O) groups is 3. The molecule has 1 aliphatic rings. The zero-order chi connectivity index (χ0) is 45.9. The molecule has 4 aromatic carbocycles. The molecule has 0 radical (unpaired) electrons. The Morgan fingerprint density at radius 3 is 2.09 bits per heavy atom. The Morgan fingerprint density at radius 2 is 1.44 bits per heavy atom. The average Bonchev–Trinajstić information content (AvgIpc) is 3.85. The van der Waals surface area contributed by atoms with Crippen molar-refractivity contribution in [2.45, 2.75) is 111 Å². The van der Waals surface area contributed by atoms with Gasteiger partial charge in [-0.3, -0.25) is 4.79 Å². The van der Waals surface area contributed by atoms with Gasteiger partial charge < -0.3 is 25.8 Å². The highest BCUT2D eigenvalue weighted by Gasteiger charge is 2.30. The second-order valence-electron chi connectivity index (χ2n) is 16.9. The van der Waals surface area contributed by atoms with E-state index in [9.17, 15) is 22.8 Å². The van der Waals surface area contributed by atoms with Crippen LogP contribution in [0.4, 0.5) is 15.3 Å². The van der Waals surface area contributed by atoms with Gasteiger partial charge in [0, 0.05) is 30.1 Å². The number of amides is 3. The number of nitrogens with one attached hydrogen (secondary N) is 2. The summed E-state index contributed by atoms with van der Waals surface area (Å²) in [6.07, 6.45) is 8.83. The van der Waals surface area contributed by atoms with Gasteiger partial charge in [0.25, 0.3) is 0 Å². The van der Waals surface area contributed by atoms with Gasteiger partial charge in [0.2, 0.25) is 15.7 Å². The van der Waals surface area contributed by atoms with Gasteiger partial charge in [0.1, 0.15) is 18.0 Å². The molecule has 0 bridgehead atoms. The molecule has 338 valence electrons. The molecule has 4 N–H and O–H groups in total. The summed E-state index contributed by atoms with van der Waals surface area (Å²) >= 11 is 2.40. The van der Waals surface area contributed by atoms with Crippen LogP contribution in [-0.4, -0.2) is 57.4 Å². The molecule has 64 heavy (non-hydrogen) atoms. The molecule has 0 aliphatic heterocycles. The molecule has 14 heteroatoms. The van der Waals surface area contributed by atoms with Crippen LogP contribution in [-0.2, 0) is 24.1 Å². The van der Waals surface area contributed by atoms with E-state index in [4.69, 9.17) is 15.2 Å². The number of ether oxygens (including phenoxy) is 2. The van der Waals surface area contributed by atoms with Crippen molar-refractivity contribution in [3.63, 3.8) is 0 Å². The minimum atomic E-state index is -4.02. The number of nitrogens with zero attached hydrogens (tertiary/aromatic N) is 1. The first-order valence-electron chi connectivity index (χ1n) is 21.8. The summed E-state index contributed by atoms with van der Waals surface area (Å²) in [6.45, 7) is 7.97. The summed E-state index contributed by atoms with van der Waals surface area (Å²) in [7, 11) is -4.02. The number of hydrogen-bond donors (Lipinski definition) is 3. The number of rotatable bonds is 19. The smallest absolute Gasteiger partial charge is 0.436 e. The highest BCUT2D eigenvalue weighted by molar-refractivity contribution is 8.01. The summed E-state index contributed by atoms with van der Waals surface area (Å²) in [5.74, 6) is -0.179. The Kier molecular flexibility index (Phi) is 16.5. The Hall–Kier alpha value is -5.44. The quantitative estimate of drug-likeness (QED) is 0.0316. The van der Waals surface area contributed by atoms with Crippen LogP contribution in [0.2, 0.25) is 0 Å². The van der Waals surface area contributed by atoms with Gasteiger partial charge in [-0.25, -0.2) is 18.0 Å². The number of nitrogens with two attached hydrogens (primary N) is 1. The largest absolute Gasteiger partial charge is 0.449 e. The number of alkyl carbamates (subject to hydrolysis) is 1. The lowest BCUT2D eigenvalue weighted by atomic mass is 9.98. The maximum absolute atomic E-state index is 14.1. The molecule has 3 amide bonds. The highest BCUT2D eigenvalue weighted by atomic mass is 32.2. The third kappa shape index (κ3) is 12.4. The van der Waals surface area contributed by atoms with Gasteiger partial charge in [0.05, 0.1) is 18.9 Å². The van der Waals surface area contributed by atoms with Crippen LogP contribution in [0, 0.1) is 6.92 Å². The lowest BCUT2D eigenvalue weighted by molar-refractivity contribution is -0.116. The highest BCUT2D eigenvalue weighted by Crippen LogP contribution is 2.45. The molecule has 0 fully saturated rings. The van der Waals surface area contributed by atoms with E-state index in [0.717, 1.165) is 73.8 Å². The van der Waals surface area contributed by atoms with Gasteiger partial charge in [-0.05, 0) is 104 Å². The first-order chi connectivity index (χ1) is 30.7. The second kappa shape index (κ2) is 22.0. The molecule has 5 aromatic rings. The lowest BCUT2D eigenvalue weighted by Gasteiger charge is -2.17. The fourth-order valence-electron chi connectivity index (χ4n) is 7.88. The zero-order valence-electron chi connectivity index (χ0n) is 37.2. The number of benzene rings is 4. The van der Waals surface area contributed by atoms with Gasteiger partial charge in [-0.2, -0.15) is 4.99 Å². The number of amidine groups is 1. The number of fused-ring (bicyclic) bond motifs is 3. The third-order valence-corrected chi connectivity index (χ3v) is 15.2.